The monoisotopic (exact) mass is 382 g/mol. The third-order valence-corrected chi connectivity index (χ3v) is 6.24. The lowest BCUT2D eigenvalue weighted by molar-refractivity contribution is -0.114. The molecule has 0 radical (unpaired) electrons. The van der Waals surface area contributed by atoms with E-state index in [9.17, 15) is 4.79 Å². The van der Waals surface area contributed by atoms with Gasteiger partial charge in [-0.15, -0.1) is 11.8 Å². The molecule has 0 fully saturated rings. The van der Waals surface area contributed by atoms with Crippen molar-refractivity contribution < 1.29 is 4.79 Å². The van der Waals surface area contributed by atoms with Crippen LogP contribution in [-0.4, -0.2) is 23.7 Å². The molecule has 2 aromatic rings. The van der Waals surface area contributed by atoms with E-state index in [1.807, 2.05) is 17.8 Å². The van der Waals surface area contributed by atoms with Gasteiger partial charge in [-0.1, -0.05) is 31.2 Å². The Hall–Kier alpha value is -1.78. The molecular formula is C23H30N2OS. The Labute approximate surface area is 167 Å². The molecule has 2 N–H and O–H groups in total. The Bertz CT molecular complexity index is 747. The average Bonchev–Trinajstić information content (AvgIpc) is 2.67. The fraction of sp³-hybridized carbons (Fsp3) is 0.435. The van der Waals surface area contributed by atoms with Crippen molar-refractivity contribution >= 4 is 23.4 Å². The molecule has 1 amide bonds. The maximum Gasteiger partial charge on any atom is 0.221 e. The number of fused-ring (bicyclic) bond motifs is 1. The summed E-state index contributed by atoms with van der Waals surface area (Å²) in [7, 11) is 0. The summed E-state index contributed by atoms with van der Waals surface area (Å²) in [6.07, 6.45) is 5.69. The van der Waals surface area contributed by atoms with Gasteiger partial charge in [-0.3, -0.25) is 4.79 Å². The number of thioether (sulfide) groups is 1. The van der Waals surface area contributed by atoms with Crippen LogP contribution in [0.3, 0.4) is 0 Å². The maximum absolute atomic E-state index is 11.3. The van der Waals surface area contributed by atoms with Crippen LogP contribution < -0.4 is 10.6 Å². The highest BCUT2D eigenvalue weighted by Gasteiger charge is 2.21. The van der Waals surface area contributed by atoms with Gasteiger partial charge in [-0.05, 0) is 73.2 Å². The molecule has 0 heterocycles. The summed E-state index contributed by atoms with van der Waals surface area (Å²) in [6.45, 7) is 3.83. The first-order valence-electron chi connectivity index (χ1n) is 9.97. The second-order valence-corrected chi connectivity index (χ2v) is 8.49. The van der Waals surface area contributed by atoms with Gasteiger partial charge in [0.25, 0.3) is 0 Å². The van der Waals surface area contributed by atoms with Crippen LogP contribution in [0.15, 0.2) is 53.4 Å². The summed E-state index contributed by atoms with van der Waals surface area (Å²) in [5.41, 5.74) is 3.71. The van der Waals surface area contributed by atoms with Crippen LogP contribution in [-0.2, 0) is 17.6 Å². The summed E-state index contributed by atoms with van der Waals surface area (Å²) in [4.78, 5) is 12.7. The zero-order valence-electron chi connectivity index (χ0n) is 16.3. The topological polar surface area (TPSA) is 41.1 Å². The molecule has 144 valence electrons. The lowest BCUT2D eigenvalue weighted by Gasteiger charge is -2.30. The van der Waals surface area contributed by atoms with Crippen LogP contribution in [0.5, 0.6) is 0 Å². The normalized spacial score (nSPS) is 17.2. The minimum absolute atomic E-state index is 0.0117. The first kappa shape index (κ1) is 20.0. The first-order chi connectivity index (χ1) is 13.1. The summed E-state index contributed by atoms with van der Waals surface area (Å²) < 4.78 is 0. The predicted octanol–water partition coefficient (Wildman–Crippen LogP) is 5.05. The molecule has 2 aromatic carbocycles. The second kappa shape index (κ2) is 9.95. The molecule has 1 aliphatic rings. The van der Waals surface area contributed by atoms with E-state index in [1.54, 1.807) is 6.92 Å². The number of aryl methyl sites for hydroxylation is 1. The highest BCUT2D eigenvalue weighted by molar-refractivity contribution is 7.99. The van der Waals surface area contributed by atoms with Crippen LogP contribution in [0.2, 0.25) is 0 Å². The molecule has 2 atom stereocenters. The van der Waals surface area contributed by atoms with Gasteiger partial charge in [0.1, 0.15) is 0 Å². The molecular weight excluding hydrogens is 352 g/mol. The number of benzene rings is 2. The van der Waals surface area contributed by atoms with E-state index in [0.717, 1.165) is 30.7 Å². The zero-order valence-corrected chi connectivity index (χ0v) is 17.1. The lowest BCUT2D eigenvalue weighted by Crippen LogP contribution is -2.41. The molecule has 3 nitrogen and oxygen atoms in total. The van der Waals surface area contributed by atoms with Crippen molar-refractivity contribution in [3.8, 4) is 0 Å². The van der Waals surface area contributed by atoms with Crippen molar-refractivity contribution in [2.75, 3.05) is 11.1 Å². The molecule has 0 saturated carbocycles. The van der Waals surface area contributed by atoms with Crippen molar-refractivity contribution in [1.82, 2.24) is 5.32 Å². The van der Waals surface area contributed by atoms with Gasteiger partial charge in [-0.25, -0.2) is 0 Å². The number of rotatable bonds is 8. The van der Waals surface area contributed by atoms with Gasteiger partial charge in [-0.2, -0.15) is 0 Å². The Balaban J connectivity index is 1.51. The fourth-order valence-electron chi connectivity index (χ4n) is 3.75. The van der Waals surface area contributed by atoms with E-state index in [-0.39, 0.29) is 5.91 Å². The molecule has 2 unspecified atom stereocenters. The zero-order chi connectivity index (χ0) is 19.1. The molecule has 0 aromatic heterocycles. The summed E-state index contributed by atoms with van der Waals surface area (Å²) in [5.74, 6) is 1.13. The number of amides is 1. The summed E-state index contributed by atoms with van der Waals surface area (Å²) in [5, 5.41) is 6.80. The largest absolute Gasteiger partial charge is 0.326 e. The van der Waals surface area contributed by atoms with E-state index in [1.165, 1.54) is 28.9 Å². The Morgan fingerprint density at radius 3 is 2.74 bits per heavy atom. The molecule has 4 heteroatoms. The maximum atomic E-state index is 11.3. The third-order valence-electron chi connectivity index (χ3n) is 5.20. The molecule has 0 aliphatic heterocycles. The molecule has 0 saturated heterocycles. The number of hydrogen-bond donors (Lipinski definition) is 2. The Kier molecular flexibility index (Phi) is 7.36. The highest BCUT2D eigenvalue weighted by atomic mass is 32.2. The lowest BCUT2D eigenvalue weighted by atomic mass is 9.87. The van der Waals surface area contributed by atoms with Gasteiger partial charge >= 0.3 is 0 Å². The van der Waals surface area contributed by atoms with E-state index in [0.29, 0.717) is 12.1 Å². The minimum Gasteiger partial charge on any atom is -0.326 e. The standard InChI is InChI=1S/C23H30N2OS/c1-3-20(13-14-27-23-7-5-4-6-8-23)25-22-12-10-18-9-11-21(24-17(2)26)15-19(18)16-22/h4-9,11,15,20,22,25H,3,10,12-14,16H2,1-2H3,(H,24,26). The van der Waals surface area contributed by atoms with E-state index < -0.39 is 0 Å². The third kappa shape index (κ3) is 6.12. The second-order valence-electron chi connectivity index (χ2n) is 7.33. The van der Waals surface area contributed by atoms with E-state index in [4.69, 9.17) is 0 Å². The number of nitrogens with one attached hydrogen (secondary N) is 2. The number of carbonyl (C=O) groups is 1. The van der Waals surface area contributed by atoms with Crippen molar-refractivity contribution in [3.05, 3.63) is 59.7 Å². The van der Waals surface area contributed by atoms with E-state index in [2.05, 4.69) is 60.0 Å². The average molecular weight is 383 g/mol. The number of carbonyl (C=O) groups excluding carboxylic acids is 1. The van der Waals surface area contributed by atoms with Crippen LogP contribution in [0, 0.1) is 0 Å². The Morgan fingerprint density at radius 2 is 2.00 bits per heavy atom. The molecule has 27 heavy (non-hydrogen) atoms. The molecule has 3 rings (SSSR count). The minimum atomic E-state index is -0.0117. The molecule has 0 spiro atoms. The Morgan fingerprint density at radius 1 is 1.19 bits per heavy atom. The van der Waals surface area contributed by atoms with Crippen LogP contribution in [0.25, 0.3) is 0 Å². The van der Waals surface area contributed by atoms with Gasteiger partial charge in [0, 0.05) is 29.6 Å². The van der Waals surface area contributed by atoms with Gasteiger partial charge in [0.05, 0.1) is 0 Å². The quantitative estimate of drug-likeness (QED) is 0.628. The number of anilines is 1. The summed E-state index contributed by atoms with van der Waals surface area (Å²) in [6, 6.07) is 18.1. The number of hydrogen-bond acceptors (Lipinski definition) is 3. The van der Waals surface area contributed by atoms with Crippen molar-refractivity contribution in [2.24, 2.45) is 0 Å². The first-order valence-corrected chi connectivity index (χ1v) is 11.0. The SMILES string of the molecule is CCC(CCSc1ccccc1)NC1CCc2ccc(NC(C)=O)cc2C1. The van der Waals surface area contributed by atoms with Crippen LogP contribution >= 0.6 is 11.8 Å². The van der Waals surface area contributed by atoms with Gasteiger partial charge in [0.2, 0.25) is 5.91 Å². The van der Waals surface area contributed by atoms with Crippen molar-refractivity contribution in [1.29, 1.82) is 0 Å². The van der Waals surface area contributed by atoms with Crippen LogP contribution in [0.4, 0.5) is 5.69 Å². The molecule has 0 bridgehead atoms. The van der Waals surface area contributed by atoms with Crippen molar-refractivity contribution in [2.45, 2.75) is 62.9 Å². The van der Waals surface area contributed by atoms with Gasteiger partial charge in [0.15, 0.2) is 0 Å². The highest BCUT2D eigenvalue weighted by Crippen LogP contribution is 2.26. The molecule has 1 aliphatic carbocycles. The fourth-order valence-corrected chi connectivity index (χ4v) is 4.74. The van der Waals surface area contributed by atoms with Crippen LogP contribution in [0.1, 0.15) is 44.2 Å². The smallest absolute Gasteiger partial charge is 0.221 e. The van der Waals surface area contributed by atoms with Crippen molar-refractivity contribution in [3.63, 3.8) is 0 Å². The summed E-state index contributed by atoms with van der Waals surface area (Å²) >= 11 is 1.94. The van der Waals surface area contributed by atoms with Gasteiger partial charge < -0.3 is 10.6 Å². The van der Waals surface area contributed by atoms with E-state index >= 15 is 0 Å². The predicted molar refractivity (Wildman–Crippen MR) is 116 cm³/mol.